The lowest BCUT2D eigenvalue weighted by Crippen LogP contribution is -2.32. The Morgan fingerprint density at radius 1 is 1.15 bits per heavy atom. The van der Waals surface area contributed by atoms with E-state index in [4.69, 9.17) is 23.2 Å². The van der Waals surface area contributed by atoms with Crippen molar-refractivity contribution in [1.82, 2.24) is 15.1 Å². The highest BCUT2D eigenvalue weighted by atomic mass is 35.5. The fourth-order valence-electron chi connectivity index (χ4n) is 4.22. The summed E-state index contributed by atoms with van der Waals surface area (Å²) in [5, 5.41) is 8.60. The first-order valence-electron chi connectivity index (χ1n) is 10.7. The Morgan fingerprint density at radius 3 is 2.67 bits per heavy atom. The van der Waals surface area contributed by atoms with Gasteiger partial charge in [-0.25, -0.2) is 13.5 Å². The highest BCUT2D eigenvalue weighted by Crippen LogP contribution is 2.28. The van der Waals surface area contributed by atoms with Crippen LogP contribution >= 0.6 is 23.2 Å². The van der Waals surface area contributed by atoms with Crippen molar-refractivity contribution in [3.63, 3.8) is 0 Å². The molecule has 4 rings (SSSR count). The van der Waals surface area contributed by atoms with Crippen LogP contribution in [0.4, 0.5) is 14.5 Å². The first-order valence-corrected chi connectivity index (χ1v) is 11.5. The molecule has 174 valence electrons. The van der Waals surface area contributed by atoms with E-state index in [1.165, 1.54) is 6.07 Å². The quantitative estimate of drug-likeness (QED) is 0.510. The average Bonchev–Trinajstić information content (AvgIpc) is 3.35. The van der Waals surface area contributed by atoms with E-state index in [1.54, 1.807) is 28.9 Å². The molecule has 1 aliphatic rings. The summed E-state index contributed by atoms with van der Waals surface area (Å²) in [7, 11) is 0. The molecule has 5 nitrogen and oxygen atoms in total. The lowest BCUT2D eigenvalue weighted by atomic mass is 10.1. The second kappa shape index (κ2) is 9.69. The van der Waals surface area contributed by atoms with Gasteiger partial charge in [-0.2, -0.15) is 5.10 Å². The lowest BCUT2D eigenvalue weighted by Gasteiger charge is -2.19. The molecule has 0 radical (unpaired) electrons. The molecule has 2 aromatic carbocycles. The highest BCUT2D eigenvalue weighted by molar-refractivity contribution is 6.35. The maximum Gasteiger partial charge on any atom is 0.224 e. The number of rotatable bonds is 6. The zero-order chi connectivity index (χ0) is 23.7. The van der Waals surface area contributed by atoms with E-state index in [1.807, 2.05) is 18.7 Å². The topological polar surface area (TPSA) is 50.2 Å². The maximum atomic E-state index is 13.5. The molecular formula is C24H24Cl2F2N4O. The molecule has 1 aliphatic heterocycles. The Morgan fingerprint density at radius 2 is 1.94 bits per heavy atom. The summed E-state index contributed by atoms with van der Waals surface area (Å²) in [6.45, 7) is 5.71. The molecule has 1 saturated heterocycles. The number of aryl methyl sites for hydroxylation is 1. The molecule has 1 aromatic heterocycles. The van der Waals surface area contributed by atoms with Crippen LogP contribution < -0.4 is 10.2 Å². The number of carbonyl (C=O) groups is 1. The van der Waals surface area contributed by atoms with Gasteiger partial charge in [0.1, 0.15) is 0 Å². The van der Waals surface area contributed by atoms with Gasteiger partial charge >= 0.3 is 0 Å². The minimum atomic E-state index is -0.853. The van der Waals surface area contributed by atoms with Gasteiger partial charge in [0.15, 0.2) is 11.6 Å². The van der Waals surface area contributed by atoms with E-state index in [2.05, 4.69) is 10.4 Å². The second-order valence-corrected chi connectivity index (χ2v) is 9.18. The molecule has 0 bridgehead atoms. The van der Waals surface area contributed by atoms with E-state index < -0.39 is 11.6 Å². The van der Waals surface area contributed by atoms with Gasteiger partial charge in [0.25, 0.3) is 0 Å². The van der Waals surface area contributed by atoms with Crippen molar-refractivity contribution >= 4 is 34.8 Å². The number of nitrogens with zero attached hydrogens (tertiary/aromatic N) is 3. The molecule has 2 heterocycles. The fraction of sp³-hybridized carbons (Fsp3) is 0.333. The fourth-order valence-corrected chi connectivity index (χ4v) is 4.70. The van der Waals surface area contributed by atoms with Crippen LogP contribution in [0, 0.1) is 31.4 Å². The van der Waals surface area contributed by atoms with E-state index >= 15 is 0 Å². The first kappa shape index (κ1) is 23.5. The summed E-state index contributed by atoms with van der Waals surface area (Å²) < 4.78 is 28.4. The van der Waals surface area contributed by atoms with Crippen molar-refractivity contribution in [3.8, 4) is 5.69 Å². The smallest absolute Gasteiger partial charge is 0.224 e. The van der Waals surface area contributed by atoms with Crippen molar-refractivity contribution in [3.05, 3.63) is 75.0 Å². The molecule has 1 amide bonds. The van der Waals surface area contributed by atoms with Crippen LogP contribution in [0.25, 0.3) is 5.69 Å². The normalized spacial score (nSPS) is 15.8. The number of anilines is 1. The summed E-state index contributed by atoms with van der Waals surface area (Å²) in [5.74, 6) is -1.56. The second-order valence-electron chi connectivity index (χ2n) is 8.34. The van der Waals surface area contributed by atoms with Crippen LogP contribution in [-0.2, 0) is 11.2 Å². The zero-order valence-corrected chi connectivity index (χ0v) is 19.9. The highest BCUT2D eigenvalue weighted by Gasteiger charge is 2.24. The standard InChI is InChI=1S/C24H24Cl2F2N4O/c1-14-19(15(2)32(30-14)23-6-3-17(25)9-20(23)26)11-24(33)29-12-16-7-8-31(13-16)18-4-5-21(27)22(28)10-18/h3-6,9-10,16H,7-8,11-13H2,1-2H3,(H,29,33). The zero-order valence-electron chi connectivity index (χ0n) is 18.3. The molecule has 0 aliphatic carbocycles. The predicted molar refractivity (Wildman–Crippen MR) is 126 cm³/mol. The van der Waals surface area contributed by atoms with Crippen molar-refractivity contribution in [2.45, 2.75) is 26.7 Å². The van der Waals surface area contributed by atoms with Gasteiger partial charge in [0.2, 0.25) is 5.91 Å². The Bertz CT molecular complexity index is 1200. The molecule has 0 spiro atoms. The Hall–Kier alpha value is -2.64. The number of halogens is 4. The third-order valence-corrected chi connectivity index (χ3v) is 6.60. The van der Waals surface area contributed by atoms with E-state index in [0.29, 0.717) is 34.5 Å². The molecular weight excluding hydrogens is 469 g/mol. The molecule has 1 unspecified atom stereocenters. The van der Waals surface area contributed by atoms with E-state index in [-0.39, 0.29) is 18.2 Å². The van der Waals surface area contributed by atoms with Gasteiger partial charge < -0.3 is 10.2 Å². The summed E-state index contributed by atoms with van der Waals surface area (Å²) >= 11 is 12.3. The van der Waals surface area contributed by atoms with Gasteiger partial charge in [-0.15, -0.1) is 0 Å². The largest absolute Gasteiger partial charge is 0.371 e. The predicted octanol–water partition coefficient (Wildman–Crippen LogP) is 5.26. The number of hydrogen-bond donors (Lipinski definition) is 1. The monoisotopic (exact) mass is 492 g/mol. The molecule has 3 aromatic rings. The molecule has 33 heavy (non-hydrogen) atoms. The third-order valence-electron chi connectivity index (χ3n) is 6.06. The molecule has 0 saturated carbocycles. The lowest BCUT2D eigenvalue weighted by molar-refractivity contribution is -0.120. The van der Waals surface area contributed by atoms with Gasteiger partial charge in [-0.1, -0.05) is 23.2 Å². The summed E-state index contributed by atoms with van der Waals surface area (Å²) in [5.41, 5.74) is 3.82. The number of benzene rings is 2. The summed E-state index contributed by atoms with van der Waals surface area (Å²) in [4.78, 5) is 14.7. The van der Waals surface area contributed by atoms with Crippen LogP contribution in [0.5, 0.6) is 0 Å². The van der Waals surface area contributed by atoms with Crippen molar-refractivity contribution in [2.75, 3.05) is 24.5 Å². The Kier molecular flexibility index (Phi) is 6.91. The molecule has 9 heteroatoms. The number of carbonyl (C=O) groups excluding carboxylic acids is 1. The molecule has 1 fully saturated rings. The SMILES string of the molecule is Cc1nn(-c2ccc(Cl)cc2Cl)c(C)c1CC(=O)NCC1CCN(c2ccc(F)c(F)c2)C1. The van der Waals surface area contributed by atoms with E-state index in [9.17, 15) is 13.6 Å². The minimum absolute atomic E-state index is 0.0887. The average molecular weight is 493 g/mol. The maximum absolute atomic E-state index is 13.5. The minimum Gasteiger partial charge on any atom is -0.371 e. The van der Waals surface area contributed by atoms with Gasteiger partial charge in [-0.05, 0) is 56.5 Å². The van der Waals surface area contributed by atoms with Crippen LogP contribution in [0.3, 0.4) is 0 Å². The van der Waals surface area contributed by atoms with Gasteiger partial charge in [0.05, 0.1) is 22.8 Å². The number of hydrogen-bond acceptors (Lipinski definition) is 3. The van der Waals surface area contributed by atoms with Crippen LogP contribution in [0.1, 0.15) is 23.4 Å². The number of amides is 1. The Balaban J connectivity index is 1.36. The van der Waals surface area contributed by atoms with Crippen LogP contribution in [0.2, 0.25) is 10.0 Å². The number of nitrogens with one attached hydrogen (secondary N) is 1. The van der Waals surface area contributed by atoms with Crippen LogP contribution in [0.15, 0.2) is 36.4 Å². The van der Waals surface area contributed by atoms with Crippen molar-refractivity contribution in [1.29, 1.82) is 0 Å². The van der Waals surface area contributed by atoms with Gasteiger partial charge in [0, 0.05) is 47.7 Å². The number of aromatic nitrogens is 2. The Labute approximate surface area is 201 Å². The third kappa shape index (κ3) is 5.14. The summed E-state index contributed by atoms with van der Waals surface area (Å²) in [6, 6.07) is 9.14. The van der Waals surface area contributed by atoms with Gasteiger partial charge in [-0.3, -0.25) is 4.79 Å². The van der Waals surface area contributed by atoms with Crippen molar-refractivity contribution < 1.29 is 13.6 Å². The molecule has 1 N–H and O–H groups in total. The van der Waals surface area contributed by atoms with E-state index in [0.717, 1.165) is 36.0 Å². The van der Waals surface area contributed by atoms with Crippen LogP contribution in [-0.4, -0.2) is 35.3 Å². The molecule has 1 atom stereocenters. The summed E-state index contributed by atoms with van der Waals surface area (Å²) in [6.07, 6.45) is 1.08. The van der Waals surface area contributed by atoms with Crippen molar-refractivity contribution in [2.24, 2.45) is 5.92 Å². The first-order chi connectivity index (χ1) is 15.7.